The Morgan fingerprint density at radius 3 is 2.44 bits per heavy atom. The van der Waals surface area contributed by atoms with Crippen LogP contribution in [0.15, 0.2) is 84.4 Å². The number of thiophene rings is 1. The molecule has 0 aliphatic heterocycles. The van der Waals surface area contributed by atoms with Crippen molar-refractivity contribution in [2.75, 3.05) is 5.32 Å². The highest BCUT2D eigenvalue weighted by Crippen LogP contribution is 2.20. The number of amides is 1. The molecule has 4 nitrogen and oxygen atoms in total. The maximum absolute atomic E-state index is 12.4. The molecular weight excluding hydrogens is 354 g/mol. The fourth-order valence-corrected chi connectivity index (χ4v) is 3.62. The van der Waals surface area contributed by atoms with Crippen LogP contribution in [-0.2, 0) is 17.8 Å². The number of rotatable bonds is 6. The lowest BCUT2D eigenvalue weighted by Crippen LogP contribution is -2.17. The number of hydrogen-bond donors (Lipinski definition) is 1. The monoisotopic (exact) mass is 373 g/mol. The van der Waals surface area contributed by atoms with Crippen LogP contribution in [0.2, 0.25) is 0 Å². The first kappa shape index (κ1) is 17.2. The quantitative estimate of drug-likeness (QED) is 0.526. The summed E-state index contributed by atoms with van der Waals surface area (Å²) in [7, 11) is 0. The third-order valence-corrected chi connectivity index (χ3v) is 5.16. The molecule has 0 atom stereocenters. The van der Waals surface area contributed by atoms with Crippen molar-refractivity contribution in [3.63, 3.8) is 0 Å². The van der Waals surface area contributed by atoms with Gasteiger partial charge in [0.05, 0.1) is 19.2 Å². The normalized spacial score (nSPS) is 10.7. The van der Waals surface area contributed by atoms with E-state index < -0.39 is 0 Å². The maximum atomic E-state index is 12.4. The van der Waals surface area contributed by atoms with Crippen LogP contribution in [-0.4, -0.2) is 15.7 Å². The van der Waals surface area contributed by atoms with E-state index in [2.05, 4.69) is 40.7 Å². The fourth-order valence-electron chi connectivity index (χ4n) is 2.93. The minimum atomic E-state index is -0.0459. The number of aromatic nitrogens is 2. The molecule has 2 aromatic heterocycles. The summed E-state index contributed by atoms with van der Waals surface area (Å²) in [6.45, 7) is 0.659. The van der Waals surface area contributed by atoms with E-state index in [1.807, 2.05) is 52.5 Å². The van der Waals surface area contributed by atoms with E-state index in [1.54, 1.807) is 17.5 Å². The van der Waals surface area contributed by atoms with E-state index in [9.17, 15) is 4.79 Å². The summed E-state index contributed by atoms with van der Waals surface area (Å²) in [5.41, 5.74) is 3.30. The van der Waals surface area contributed by atoms with Crippen LogP contribution in [0.1, 0.15) is 10.4 Å². The molecular formula is C22H19N3OS. The number of carbonyl (C=O) groups is 1. The van der Waals surface area contributed by atoms with Crippen LogP contribution in [0.5, 0.6) is 0 Å². The minimum Gasteiger partial charge on any atom is -0.311 e. The van der Waals surface area contributed by atoms with Gasteiger partial charge < -0.3 is 5.32 Å². The lowest BCUT2D eigenvalue weighted by atomic mass is 10.0. The third kappa shape index (κ3) is 4.33. The van der Waals surface area contributed by atoms with Gasteiger partial charge in [0.15, 0.2) is 0 Å². The van der Waals surface area contributed by atoms with Gasteiger partial charge in [0.1, 0.15) is 5.82 Å². The van der Waals surface area contributed by atoms with Crippen molar-refractivity contribution in [1.82, 2.24) is 9.78 Å². The molecule has 2 heterocycles. The second-order valence-corrected chi connectivity index (χ2v) is 7.27. The van der Waals surface area contributed by atoms with Crippen LogP contribution >= 0.6 is 11.3 Å². The maximum Gasteiger partial charge on any atom is 0.229 e. The molecule has 0 radical (unpaired) electrons. The Bertz CT molecular complexity index is 1010. The Morgan fingerprint density at radius 2 is 1.70 bits per heavy atom. The second-order valence-electron chi connectivity index (χ2n) is 6.24. The van der Waals surface area contributed by atoms with Gasteiger partial charge in [-0.1, -0.05) is 60.7 Å². The molecule has 27 heavy (non-hydrogen) atoms. The minimum absolute atomic E-state index is 0.0459. The van der Waals surface area contributed by atoms with E-state index in [1.165, 1.54) is 10.4 Å². The summed E-state index contributed by atoms with van der Waals surface area (Å²) >= 11 is 1.68. The Labute approximate surface area is 162 Å². The molecule has 0 saturated carbocycles. The van der Waals surface area contributed by atoms with E-state index in [0.717, 1.165) is 11.1 Å². The Morgan fingerprint density at radius 1 is 0.926 bits per heavy atom. The molecule has 0 saturated heterocycles. The summed E-state index contributed by atoms with van der Waals surface area (Å²) in [4.78, 5) is 13.6. The van der Waals surface area contributed by atoms with Crippen molar-refractivity contribution in [2.45, 2.75) is 13.0 Å². The molecule has 0 unspecified atom stereocenters. The third-order valence-electron chi connectivity index (χ3n) is 4.30. The Balaban J connectivity index is 1.39. The number of nitrogens with zero attached hydrogens (tertiary/aromatic N) is 2. The zero-order chi connectivity index (χ0) is 18.5. The predicted molar refractivity (Wildman–Crippen MR) is 110 cm³/mol. The largest absolute Gasteiger partial charge is 0.311 e. The van der Waals surface area contributed by atoms with Crippen molar-refractivity contribution in [2.24, 2.45) is 0 Å². The number of anilines is 1. The van der Waals surface area contributed by atoms with Crippen LogP contribution in [0, 0.1) is 0 Å². The molecule has 2 aromatic carbocycles. The topological polar surface area (TPSA) is 46.9 Å². The molecule has 1 amide bonds. The molecule has 1 N–H and O–H groups in total. The first-order chi connectivity index (χ1) is 13.3. The smallest absolute Gasteiger partial charge is 0.229 e. The lowest BCUT2D eigenvalue weighted by molar-refractivity contribution is -0.115. The first-order valence-corrected chi connectivity index (χ1v) is 9.64. The molecule has 5 heteroatoms. The second kappa shape index (κ2) is 8.01. The molecule has 134 valence electrons. The Hall–Kier alpha value is -3.18. The van der Waals surface area contributed by atoms with E-state index in [4.69, 9.17) is 0 Å². The van der Waals surface area contributed by atoms with Crippen molar-refractivity contribution in [1.29, 1.82) is 0 Å². The molecule has 4 rings (SSSR count). The summed E-state index contributed by atoms with van der Waals surface area (Å²) in [6, 6.07) is 24.2. The zero-order valence-electron chi connectivity index (χ0n) is 14.7. The summed E-state index contributed by atoms with van der Waals surface area (Å²) in [5, 5.41) is 9.31. The fraction of sp³-hybridized carbons (Fsp3) is 0.0909. The molecule has 0 fully saturated rings. The van der Waals surface area contributed by atoms with Gasteiger partial charge in [-0.2, -0.15) is 5.10 Å². The van der Waals surface area contributed by atoms with Crippen molar-refractivity contribution < 1.29 is 4.79 Å². The van der Waals surface area contributed by atoms with Crippen LogP contribution in [0.25, 0.3) is 11.1 Å². The average molecular weight is 373 g/mol. The van der Waals surface area contributed by atoms with Crippen molar-refractivity contribution >= 4 is 23.1 Å². The summed E-state index contributed by atoms with van der Waals surface area (Å²) < 4.78 is 1.81. The molecule has 0 bridgehead atoms. The number of hydrogen-bond acceptors (Lipinski definition) is 3. The average Bonchev–Trinajstić information content (AvgIpc) is 3.36. The van der Waals surface area contributed by atoms with Gasteiger partial charge >= 0.3 is 0 Å². The number of benzene rings is 2. The van der Waals surface area contributed by atoms with Gasteiger partial charge in [-0.3, -0.25) is 4.79 Å². The van der Waals surface area contributed by atoms with Crippen molar-refractivity contribution in [3.8, 4) is 11.1 Å². The predicted octanol–water partition coefficient (Wildman–Crippen LogP) is 4.84. The van der Waals surface area contributed by atoms with Crippen LogP contribution < -0.4 is 5.32 Å². The highest BCUT2D eigenvalue weighted by molar-refractivity contribution is 7.09. The Kier molecular flexibility index (Phi) is 5.12. The molecule has 0 aliphatic carbocycles. The summed E-state index contributed by atoms with van der Waals surface area (Å²) in [5.74, 6) is 0.671. The SMILES string of the molecule is O=C(Cc1ccc(-c2ccccc2)cc1)Nc1ccnn1Cc1cccs1. The van der Waals surface area contributed by atoms with E-state index >= 15 is 0 Å². The highest BCUT2D eigenvalue weighted by Gasteiger charge is 2.09. The highest BCUT2D eigenvalue weighted by atomic mass is 32.1. The molecule has 4 aromatic rings. The van der Waals surface area contributed by atoms with Gasteiger partial charge in [0.25, 0.3) is 0 Å². The van der Waals surface area contributed by atoms with Gasteiger partial charge in [-0.15, -0.1) is 11.3 Å². The van der Waals surface area contributed by atoms with Crippen LogP contribution in [0.3, 0.4) is 0 Å². The van der Waals surface area contributed by atoms with Gasteiger partial charge in [-0.05, 0) is 28.1 Å². The lowest BCUT2D eigenvalue weighted by Gasteiger charge is -2.09. The zero-order valence-corrected chi connectivity index (χ0v) is 15.5. The van der Waals surface area contributed by atoms with Gasteiger partial charge in [-0.25, -0.2) is 4.68 Å². The summed E-state index contributed by atoms with van der Waals surface area (Å²) in [6.07, 6.45) is 2.04. The van der Waals surface area contributed by atoms with Gasteiger partial charge in [0.2, 0.25) is 5.91 Å². The number of nitrogens with one attached hydrogen (secondary N) is 1. The van der Waals surface area contributed by atoms with Crippen molar-refractivity contribution in [3.05, 3.63) is 94.8 Å². The molecule has 0 spiro atoms. The number of carbonyl (C=O) groups excluding carboxylic acids is 1. The van der Waals surface area contributed by atoms with E-state index in [-0.39, 0.29) is 5.91 Å². The van der Waals surface area contributed by atoms with Gasteiger partial charge in [0, 0.05) is 10.9 Å². The standard InChI is InChI=1S/C22H19N3OS/c26-22(24-21-12-13-23-25(21)16-20-7-4-14-27-20)15-17-8-10-19(11-9-17)18-5-2-1-3-6-18/h1-14H,15-16H2,(H,24,26). The van der Waals surface area contributed by atoms with E-state index in [0.29, 0.717) is 18.8 Å². The van der Waals surface area contributed by atoms with Crippen LogP contribution in [0.4, 0.5) is 5.82 Å². The first-order valence-electron chi connectivity index (χ1n) is 8.76. The molecule has 0 aliphatic rings.